The predicted molar refractivity (Wildman–Crippen MR) is 138 cm³/mol. The van der Waals surface area contributed by atoms with E-state index < -0.39 is 11.1 Å². The molecule has 182 valence electrons. The zero-order chi connectivity index (χ0) is 24.7. The molecule has 0 amide bonds. The van der Waals surface area contributed by atoms with Gasteiger partial charge in [-0.25, -0.2) is 4.39 Å². The molecule has 0 radical (unpaired) electrons. The third kappa shape index (κ3) is 5.36. The number of benzene rings is 3. The Morgan fingerprint density at radius 2 is 1.71 bits per heavy atom. The summed E-state index contributed by atoms with van der Waals surface area (Å²) in [7, 11) is 0. The molecule has 3 aromatic rings. The van der Waals surface area contributed by atoms with Gasteiger partial charge in [-0.1, -0.05) is 60.5 Å². The van der Waals surface area contributed by atoms with Gasteiger partial charge in [-0.15, -0.1) is 0 Å². The van der Waals surface area contributed by atoms with Gasteiger partial charge in [-0.3, -0.25) is 9.69 Å². The summed E-state index contributed by atoms with van der Waals surface area (Å²) in [5.74, 6) is 0.153. The van der Waals surface area contributed by atoms with Crippen LogP contribution in [-0.4, -0.2) is 29.8 Å². The molecule has 1 aliphatic carbocycles. The van der Waals surface area contributed by atoms with Crippen LogP contribution in [0.3, 0.4) is 0 Å². The minimum atomic E-state index is -0.786. The van der Waals surface area contributed by atoms with Crippen LogP contribution in [0.15, 0.2) is 60.7 Å². The molecule has 3 aromatic carbocycles. The fraction of sp³-hybridized carbons (Fsp3) is 0.321. The molecule has 2 fully saturated rings. The Morgan fingerprint density at radius 3 is 2.31 bits per heavy atom. The van der Waals surface area contributed by atoms with E-state index in [4.69, 9.17) is 39.5 Å². The topological polar surface area (TPSA) is 29.5 Å². The van der Waals surface area contributed by atoms with E-state index in [-0.39, 0.29) is 17.0 Å². The van der Waals surface area contributed by atoms with E-state index in [1.807, 2.05) is 30.3 Å². The van der Waals surface area contributed by atoms with Gasteiger partial charge < -0.3 is 4.74 Å². The smallest absolute Gasteiger partial charge is 0.255 e. The Labute approximate surface area is 219 Å². The highest BCUT2D eigenvalue weighted by molar-refractivity contribution is 6.67. The first-order valence-corrected chi connectivity index (χ1v) is 12.8. The van der Waals surface area contributed by atoms with E-state index in [0.717, 1.165) is 42.6 Å². The third-order valence-corrected chi connectivity index (χ3v) is 7.40. The fourth-order valence-corrected chi connectivity index (χ4v) is 5.69. The van der Waals surface area contributed by atoms with Crippen LogP contribution in [0.4, 0.5) is 4.39 Å². The summed E-state index contributed by atoms with van der Waals surface area (Å²) in [6.45, 7) is 4.18. The third-order valence-electron chi connectivity index (χ3n) is 6.76. The standard InChI is InChI=1S/C28H25Cl3FNO2/c1-28(16-35-25-13-24(32)23(27(31)34)12-22(25)17-7-8-17)14-33(15-28)26(18-5-3-2-4-6-18)19-9-20(29)11-21(30)10-19/h2-6,9-13,17,26H,7-8,14-16H2,1H3. The van der Waals surface area contributed by atoms with Crippen molar-refractivity contribution in [1.82, 2.24) is 4.90 Å². The van der Waals surface area contributed by atoms with Crippen LogP contribution in [0.25, 0.3) is 0 Å². The lowest BCUT2D eigenvalue weighted by molar-refractivity contribution is -0.0379. The Kier molecular flexibility index (Phi) is 6.84. The van der Waals surface area contributed by atoms with Crippen LogP contribution in [0.5, 0.6) is 5.75 Å². The van der Waals surface area contributed by atoms with Crippen molar-refractivity contribution < 1.29 is 13.9 Å². The maximum Gasteiger partial charge on any atom is 0.255 e. The van der Waals surface area contributed by atoms with Crippen LogP contribution in [-0.2, 0) is 0 Å². The molecule has 1 aliphatic heterocycles. The normalized spacial score (nSPS) is 18.1. The molecule has 7 heteroatoms. The average molecular weight is 533 g/mol. The van der Waals surface area contributed by atoms with Crippen LogP contribution in [0.1, 0.15) is 58.8 Å². The zero-order valence-electron chi connectivity index (χ0n) is 19.2. The molecule has 5 rings (SSSR count). The summed E-state index contributed by atoms with van der Waals surface area (Å²) in [5, 5.41) is 0.424. The van der Waals surface area contributed by atoms with Crippen molar-refractivity contribution in [2.24, 2.45) is 5.41 Å². The van der Waals surface area contributed by atoms with Crippen LogP contribution in [0, 0.1) is 11.2 Å². The van der Waals surface area contributed by atoms with Gasteiger partial charge in [0.2, 0.25) is 0 Å². The first-order valence-electron chi connectivity index (χ1n) is 11.6. The summed E-state index contributed by atoms with van der Waals surface area (Å²) in [5.41, 5.74) is 2.86. The SMILES string of the molecule is CC1(COc2cc(F)c(C(=O)Cl)cc2C2CC2)CN(C(c2ccccc2)c2cc(Cl)cc(Cl)c2)C1. The monoisotopic (exact) mass is 531 g/mol. The fourth-order valence-electron chi connectivity index (χ4n) is 5.00. The second kappa shape index (κ2) is 9.74. The van der Waals surface area contributed by atoms with Crippen LogP contribution >= 0.6 is 34.8 Å². The van der Waals surface area contributed by atoms with Crippen molar-refractivity contribution in [3.05, 3.63) is 98.8 Å². The molecule has 0 aromatic heterocycles. The van der Waals surface area contributed by atoms with E-state index in [0.29, 0.717) is 28.3 Å². The number of ether oxygens (including phenoxy) is 1. The molecule has 0 spiro atoms. The van der Waals surface area contributed by atoms with Crippen molar-refractivity contribution in [2.75, 3.05) is 19.7 Å². The molecule has 1 atom stereocenters. The molecule has 3 nitrogen and oxygen atoms in total. The number of nitrogens with zero attached hydrogens (tertiary/aromatic N) is 1. The zero-order valence-corrected chi connectivity index (χ0v) is 21.5. The molecule has 1 saturated carbocycles. The van der Waals surface area contributed by atoms with Crippen molar-refractivity contribution in [3.8, 4) is 5.75 Å². The Hall–Kier alpha value is -2.11. The van der Waals surface area contributed by atoms with E-state index in [1.165, 1.54) is 6.07 Å². The average Bonchev–Trinajstić information content (AvgIpc) is 3.62. The minimum Gasteiger partial charge on any atom is -0.493 e. The van der Waals surface area contributed by atoms with Gasteiger partial charge in [0.15, 0.2) is 0 Å². The van der Waals surface area contributed by atoms with Gasteiger partial charge in [0.25, 0.3) is 5.24 Å². The summed E-state index contributed by atoms with van der Waals surface area (Å²) >= 11 is 18.2. The van der Waals surface area contributed by atoms with Gasteiger partial charge in [0, 0.05) is 34.6 Å². The Bertz CT molecular complexity index is 1240. The second-order valence-electron chi connectivity index (χ2n) is 9.94. The summed E-state index contributed by atoms with van der Waals surface area (Å²) < 4.78 is 20.6. The number of hydrogen-bond acceptors (Lipinski definition) is 3. The summed E-state index contributed by atoms with van der Waals surface area (Å²) in [4.78, 5) is 14.0. The molecule has 1 unspecified atom stereocenters. The highest BCUT2D eigenvalue weighted by Crippen LogP contribution is 2.46. The Morgan fingerprint density at radius 1 is 1.06 bits per heavy atom. The molecule has 1 heterocycles. The predicted octanol–water partition coefficient (Wildman–Crippen LogP) is 7.88. The number of halogens is 4. The first kappa shape index (κ1) is 24.6. The number of carbonyl (C=O) groups is 1. The van der Waals surface area contributed by atoms with Gasteiger partial charge in [-0.2, -0.15) is 0 Å². The Balaban J connectivity index is 1.34. The minimum absolute atomic E-state index is 0.00830. The van der Waals surface area contributed by atoms with E-state index in [9.17, 15) is 9.18 Å². The number of rotatable bonds is 8. The van der Waals surface area contributed by atoms with Crippen LogP contribution < -0.4 is 4.74 Å². The molecular weight excluding hydrogens is 508 g/mol. The first-order chi connectivity index (χ1) is 16.7. The number of hydrogen-bond donors (Lipinski definition) is 0. The molecule has 0 bridgehead atoms. The maximum absolute atomic E-state index is 14.5. The van der Waals surface area contributed by atoms with E-state index in [1.54, 1.807) is 12.1 Å². The molecule has 1 saturated heterocycles. The lowest BCUT2D eigenvalue weighted by Gasteiger charge is -2.51. The second-order valence-corrected chi connectivity index (χ2v) is 11.2. The maximum atomic E-state index is 14.5. The molecule has 2 aliphatic rings. The van der Waals surface area contributed by atoms with Crippen molar-refractivity contribution >= 4 is 40.0 Å². The van der Waals surface area contributed by atoms with E-state index in [2.05, 4.69) is 24.0 Å². The number of carbonyl (C=O) groups excluding carboxylic acids is 1. The lowest BCUT2D eigenvalue weighted by atomic mass is 9.79. The van der Waals surface area contributed by atoms with Crippen molar-refractivity contribution in [1.29, 1.82) is 0 Å². The lowest BCUT2D eigenvalue weighted by Crippen LogP contribution is -2.58. The van der Waals surface area contributed by atoms with Crippen molar-refractivity contribution in [2.45, 2.75) is 31.7 Å². The van der Waals surface area contributed by atoms with Crippen LogP contribution in [0.2, 0.25) is 10.0 Å². The quantitative estimate of drug-likeness (QED) is 0.276. The highest BCUT2D eigenvalue weighted by atomic mass is 35.5. The summed E-state index contributed by atoms with van der Waals surface area (Å²) in [6.07, 6.45) is 2.01. The highest BCUT2D eigenvalue weighted by Gasteiger charge is 2.44. The summed E-state index contributed by atoms with van der Waals surface area (Å²) in [6, 6.07) is 18.8. The molecule has 0 N–H and O–H groups in total. The van der Waals surface area contributed by atoms with Gasteiger partial charge in [0.05, 0.1) is 18.2 Å². The van der Waals surface area contributed by atoms with Crippen molar-refractivity contribution in [3.63, 3.8) is 0 Å². The number of likely N-dealkylation sites (tertiary alicyclic amines) is 1. The van der Waals surface area contributed by atoms with Gasteiger partial charge >= 0.3 is 0 Å². The van der Waals surface area contributed by atoms with E-state index >= 15 is 0 Å². The van der Waals surface area contributed by atoms with Gasteiger partial charge in [-0.05, 0) is 71.3 Å². The molecule has 35 heavy (non-hydrogen) atoms. The molecular formula is C28H25Cl3FNO2. The van der Waals surface area contributed by atoms with Gasteiger partial charge in [0.1, 0.15) is 11.6 Å². The largest absolute Gasteiger partial charge is 0.493 e.